The van der Waals surface area contributed by atoms with Crippen LogP contribution < -0.4 is 10.1 Å². The zero-order valence-electron chi connectivity index (χ0n) is 16.1. The van der Waals surface area contributed by atoms with E-state index in [1.54, 1.807) is 36.4 Å². The van der Waals surface area contributed by atoms with E-state index < -0.39 is 18.3 Å². The van der Waals surface area contributed by atoms with Gasteiger partial charge in [0.1, 0.15) is 18.5 Å². The highest BCUT2D eigenvalue weighted by molar-refractivity contribution is 5.84. The molecule has 0 aliphatic carbocycles. The third-order valence-electron chi connectivity index (χ3n) is 4.15. The first-order valence-electron chi connectivity index (χ1n) is 9.09. The molecule has 0 aliphatic heterocycles. The number of nitrogens with one attached hydrogen (secondary N) is 1. The number of carbonyl (C=O) groups is 1. The topological polar surface area (TPSA) is 97.2 Å². The average molecular weight is 389 g/mol. The van der Waals surface area contributed by atoms with Gasteiger partial charge in [0.15, 0.2) is 6.10 Å². The van der Waals surface area contributed by atoms with Gasteiger partial charge in [-0.05, 0) is 36.8 Å². The van der Waals surface area contributed by atoms with Crippen LogP contribution in [-0.2, 0) is 9.47 Å². The average Bonchev–Trinajstić information content (AvgIpc) is 2.71. The second-order valence-corrected chi connectivity index (χ2v) is 6.24. The molecule has 0 fully saturated rings. The predicted octanol–water partition coefficient (Wildman–Crippen LogP) is 3.05. The molecule has 1 amide bonds. The van der Waals surface area contributed by atoms with Gasteiger partial charge >= 0.3 is 6.09 Å². The van der Waals surface area contributed by atoms with Gasteiger partial charge in [0.05, 0.1) is 6.61 Å². The minimum atomic E-state index is -0.713. The highest BCUT2D eigenvalue weighted by Gasteiger charge is 2.27. The summed E-state index contributed by atoms with van der Waals surface area (Å²) >= 11 is 0. The molecule has 0 aliphatic rings. The smallest absolute Gasteiger partial charge is 0.412 e. The van der Waals surface area contributed by atoms with Crippen LogP contribution in [0.4, 0.5) is 10.5 Å². The molecule has 0 aromatic heterocycles. The summed E-state index contributed by atoms with van der Waals surface area (Å²) < 4.78 is 16.4. The van der Waals surface area contributed by atoms with Crippen molar-refractivity contribution in [3.8, 4) is 5.75 Å². The summed E-state index contributed by atoms with van der Waals surface area (Å²) in [5, 5.41) is 20.9. The Kier molecular flexibility index (Phi) is 8.74. The van der Waals surface area contributed by atoms with Crippen molar-refractivity contribution in [3.63, 3.8) is 0 Å². The van der Waals surface area contributed by atoms with Gasteiger partial charge in [-0.2, -0.15) is 0 Å². The van der Waals surface area contributed by atoms with E-state index in [0.717, 1.165) is 5.56 Å². The maximum absolute atomic E-state index is 12.4. The molecule has 3 N–H and O–H groups in total. The lowest BCUT2D eigenvalue weighted by molar-refractivity contribution is -0.0306. The van der Waals surface area contributed by atoms with Crippen LogP contribution in [0.15, 0.2) is 48.5 Å². The first kappa shape index (κ1) is 21.7. The quantitative estimate of drug-likeness (QED) is 0.578. The van der Waals surface area contributed by atoms with E-state index in [1.807, 2.05) is 19.1 Å². The number of hydrogen-bond donors (Lipinski definition) is 3. The zero-order chi connectivity index (χ0) is 20.4. The van der Waals surface area contributed by atoms with Crippen molar-refractivity contribution in [2.24, 2.45) is 0 Å². The van der Waals surface area contributed by atoms with Gasteiger partial charge in [-0.25, -0.2) is 4.79 Å². The van der Waals surface area contributed by atoms with Gasteiger partial charge in [0, 0.05) is 25.8 Å². The van der Waals surface area contributed by atoms with Gasteiger partial charge in [0.2, 0.25) is 0 Å². The van der Waals surface area contributed by atoms with Crippen LogP contribution in [0.3, 0.4) is 0 Å². The molecule has 28 heavy (non-hydrogen) atoms. The number of aryl methyl sites for hydroxylation is 1. The van der Waals surface area contributed by atoms with E-state index in [-0.39, 0.29) is 19.8 Å². The van der Waals surface area contributed by atoms with Crippen molar-refractivity contribution in [2.45, 2.75) is 25.6 Å². The second-order valence-electron chi connectivity index (χ2n) is 6.24. The molecule has 0 spiro atoms. The van der Waals surface area contributed by atoms with Crippen LogP contribution in [-0.4, -0.2) is 49.3 Å². The van der Waals surface area contributed by atoms with Crippen LogP contribution in [0.1, 0.15) is 23.7 Å². The van der Waals surface area contributed by atoms with Gasteiger partial charge in [0.25, 0.3) is 0 Å². The fourth-order valence-corrected chi connectivity index (χ4v) is 2.70. The summed E-state index contributed by atoms with van der Waals surface area (Å²) in [4.78, 5) is 12.4. The number of aliphatic hydroxyl groups excluding tert-OH is 2. The Hall–Kier alpha value is -2.61. The molecule has 2 rings (SSSR count). The van der Waals surface area contributed by atoms with Crippen molar-refractivity contribution >= 4 is 11.8 Å². The van der Waals surface area contributed by atoms with Crippen LogP contribution in [0, 0.1) is 6.92 Å². The molecule has 0 bridgehead atoms. The maximum atomic E-state index is 12.4. The first-order valence-corrected chi connectivity index (χ1v) is 9.09. The van der Waals surface area contributed by atoms with E-state index in [1.165, 1.54) is 7.11 Å². The minimum Gasteiger partial charge on any atom is -0.491 e. The molecule has 7 nitrogen and oxygen atoms in total. The summed E-state index contributed by atoms with van der Waals surface area (Å²) in [7, 11) is 1.51. The van der Waals surface area contributed by atoms with Crippen molar-refractivity contribution < 1.29 is 29.2 Å². The fourth-order valence-electron chi connectivity index (χ4n) is 2.70. The Morgan fingerprint density at radius 3 is 2.29 bits per heavy atom. The second kappa shape index (κ2) is 11.3. The third kappa shape index (κ3) is 6.53. The SMILES string of the molecule is CO[C@@H](CCO)[C@@H](OC(=O)Nc1ccc(C)cc1)c1ccc(OCCO)cc1. The highest BCUT2D eigenvalue weighted by atomic mass is 16.6. The van der Waals surface area contributed by atoms with Gasteiger partial charge in [-0.1, -0.05) is 29.8 Å². The summed E-state index contributed by atoms with van der Waals surface area (Å²) in [6.07, 6.45) is -1.54. The lowest BCUT2D eigenvalue weighted by Crippen LogP contribution is -2.28. The molecule has 0 unspecified atom stereocenters. The predicted molar refractivity (Wildman–Crippen MR) is 106 cm³/mol. The lowest BCUT2D eigenvalue weighted by atomic mass is 10.0. The highest BCUT2D eigenvalue weighted by Crippen LogP contribution is 2.28. The monoisotopic (exact) mass is 389 g/mol. The number of amides is 1. The zero-order valence-corrected chi connectivity index (χ0v) is 16.1. The molecule has 2 atom stereocenters. The summed E-state index contributed by atoms with van der Waals surface area (Å²) in [6.45, 7) is 1.98. The maximum Gasteiger partial charge on any atom is 0.412 e. The Morgan fingerprint density at radius 1 is 1.04 bits per heavy atom. The number of ether oxygens (including phenoxy) is 3. The standard InChI is InChI=1S/C21H27NO6/c1-15-3-7-17(8-4-15)22-21(25)28-20(19(26-2)11-12-23)16-5-9-18(10-6-16)27-14-13-24/h3-10,19-20,23-24H,11-14H2,1-2H3,(H,22,25)/t19-,20-/m0/s1. The number of methoxy groups -OCH3 is 1. The number of benzene rings is 2. The van der Waals surface area contributed by atoms with E-state index in [2.05, 4.69) is 5.32 Å². The molecule has 7 heteroatoms. The van der Waals surface area contributed by atoms with Crippen LogP contribution >= 0.6 is 0 Å². The molecule has 2 aromatic rings. The number of carbonyl (C=O) groups excluding carboxylic acids is 1. The van der Waals surface area contributed by atoms with E-state index in [0.29, 0.717) is 23.4 Å². The Balaban J connectivity index is 2.14. The molecule has 0 heterocycles. The minimum absolute atomic E-state index is 0.0745. The number of hydrogen-bond acceptors (Lipinski definition) is 6. The van der Waals surface area contributed by atoms with Crippen LogP contribution in [0.5, 0.6) is 5.75 Å². The number of aliphatic hydroxyl groups is 2. The molecule has 2 aromatic carbocycles. The number of rotatable bonds is 10. The van der Waals surface area contributed by atoms with Crippen molar-refractivity contribution in [1.82, 2.24) is 0 Å². The van der Waals surface area contributed by atoms with Gasteiger partial charge in [-0.15, -0.1) is 0 Å². The van der Waals surface area contributed by atoms with Crippen LogP contribution in [0.2, 0.25) is 0 Å². The lowest BCUT2D eigenvalue weighted by Gasteiger charge is -2.26. The molecule has 152 valence electrons. The third-order valence-corrected chi connectivity index (χ3v) is 4.15. The Morgan fingerprint density at radius 2 is 1.71 bits per heavy atom. The Bertz CT molecular complexity index is 717. The first-order chi connectivity index (χ1) is 13.6. The van der Waals surface area contributed by atoms with E-state index in [9.17, 15) is 9.90 Å². The van der Waals surface area contributed by atoms with Gasteiger partial charge in [-0.3, -0.25) is 5.32 Å². The van der Waals surface area contributed by atoms with Gasteiger partial charge < -0.3 is 24.4 Å². The van der Waals surface area contributed by atoms with Crippen molar-refractivity contribution in [1.29, 1.82) is 0 Å². The van der Waals surface area contributed by atoms with Crippen molar-refractivity contribution in [2.75, 3.05) is 32.2 Å². The molecule has 0 saturated heterocycles. The Labute approximate surface area is 164 Å². The van der Waals surface area contributed by atoms with E-state index >= 15 is 0 Å². The molecule has 0 saturated carbocycles. The van der Waals surface area contributed by atoms with E-state index in [4.69, 9.17) is 19.3 Å². The summed E-state index contributed by atoms with van der Waals surface area (Å²) in [6, 6.07) is 14.3. The van der Waals surface area contributed by atoms with Crippen LogP contribution in [0.25, 0.3) is 0 Å². The summed E-state index contributed by atoms with van der Waals surface area (Å²) in [5.74, 6) is 0.594. The number of anilines is 1. The normalized spacial score (nSPS) is 12.9. The molecular formula is C21H27NO6. The largest absolute Gasteiger partial charge is 0.491 e. The summed E-state index contributed by atoms with van der Waals surface area (Å²) in [5.41, 5.74) is 2.41. The fraction of sp³-hybridized carbons (Fsp3) is 0.381. The van der Waals surface area contributed by atoms with Crippen molar-refractivity contribution in [3.05, 3.63) is 59.7 Å². The molecule has 0 radical (unpaired) electrons. The molecular weight excluding hydrogens is 362 g/mol.